The second kappa shape index (κ2) is 5.88. The number of hydrogen-bond acceptors (Lipinski definition) is 5. The summed E-state index contributed by atoms with van der Waals surface area (Å²) in [6.45, 7) is 5.63. The van der Waals surface area contributed by atoms with Gasteiger partial charge < -0.3 is 20.9 Å². The number of fused-ring (bicyclic) bond motifs is 1. The maximum atomic E-state index is 12.4. The van der Waals surface area contributed by atoms with E-state index in [1.807, 2.05) is 26.0 Å². The molecule has 0 amide bonds. The zero-order valence-electron chi connectivity index (χ0n) is 14.7. The highest BCUT2D eigenvalue weighted by molar-refractivity contribution is 5.61. The van der Waals surface area contributed by atoms with Crippen molar-refractivity contribution in [1.82, 2.24) is 9.97 Å². The van der Waals surface area contributed by atoms with Crippen LogP contribution in [-0.2, 0) is 0 Å². The fourth-order valence-corrected chi connectivity index (χ4v) is 4.01. The highest BCUT2D eigenvalue weighted by atomic mass is 16.1. The average molecular weight is 339 g/mol. The van der Waals surface area contributed by atoms with Crippen LogP contribution in [0, 0.1) is 0 Å². The summed E-state index contributed by atoms with van der Waals surface area (Å²) < 4.78 is 0. The number of para-hydroxylation sites is 1. The van der Waals surface area contributed by atoms with Gasteiger partial charge in [0.25, 0.3) is 5.56 Å². The first-order chi connectivity index (χ1) is 12.0. The van der Waals surface area contributed by atoms with Gasteiger partial charge in [-0.3, -0.25) is 4.79 Å². The number of anilines is 2. The highest BCUT2D eigenvalue weighted by Crippen LogP contribution is 2.45. The molecule has 2 aliphatic rings. The molecular formula is C19H25N5O. The number of aromatic nitrogens is 2. The lowest BCUT2D eigenvalue weighted by Gasteiger charge is -2.42. The standard InChI is InChI=1S/C19H25N5O/c1-12(2)15-11-21-17(18(25)22-15)24-9-7-19(8-10-24)16(20)13-5-3-4-6-14(13)23-19/h3-6,11-12,16,23H,7-10,20H2,1-2H3,(H,22,25). The third-order valence-electron chi connectivity index (χ3n) is 5.64. The summed E-state index contributed by atoms with van der Waals surface area (Å²) in [5, 5.41) is 3.65. The maximum absolute atomic E-state index is 12.4. The van der Waals surface area contributed by atoms with Gasteiger partial charge in [-0.1, -0.05) is 32.0 Å². The van der Waals surface area contributed by atoms with Crippen LogP contribution in [0.25, 0.3) is 0 Å². The van der Waals surface area contributed by atoms with E-state index < -0.39 is 0 Å². The smallest absolute Gasteiger partial charge is 0.291 e. The zero-order valence-corrected chi connectivity index (χ0v) is 14.7. The number of hydrogen-bond donors (Lipinski definition) is 3. The predicted molar refractivity (Wildman–Crippen MR) is 100 cm³/mol. The SMILES string of the molecule is CC(C)c1cnc(N2CCC3(CC2)Nc2ccccc2C3N)c(=O)[nH]1. The van der Waals surface area contributed by atoms with Crippen molar-refractivity contribution in [3.8, 4) is 0 Å². The molecule has 1 aromatic heterocycles. The summed E-state index contributed by atoms with van der Waals surface area (Å²) in [5.41, 5.74) is 9.54. The Kier molecular flexibility index (Phi) is 3.80. The molecule has 1 aromatic carbocycles. The van der Waals surface area contributed by atoms with Crippen molar-refractivity contribution in [3.63, 3.8) is 0 Å². The van der Waals surface area contributed by atoms with E-state index in [9.17, 15) is 4.79 Å². The van der Waals surface area contributed by atoms with Gasteiger partial charge in [-0.2, -0.15) is 0 Å². The summed E-state index contributed by atoms with van der Waals surface area (Å²) >= 11 is 0. The number of nitrogens with two attached hydrogens (primary N) is 1. The number of aromatic amines is 1. The molecule has 0 aliphatic carbocycles. The van der Waals surface area contributed by atoms with E-state index >= 15 is 0 Å². The Morgan fingerprint density at radius 2 is 2.00 bits per heavy atom. The lowest BCUT2D eigenvalue weighted by Crippen LogP contribution is -2.53. The van der Waals surface area contributed by atoms with E-state index in [0.717, 1.165) is 37.3 Å². The van der Waals surface area contributed by atoms with Gasteiger partial charge in [-0.05, 0) is 30.4 Å². The van der Waals surface area contributed by atoms with Crippen LogP contribution in [0.5, 0.6) is 0 Å². The van der Waals surface area contributed by atoms with Crippen LogP contribution in [0.15, 0.2) is 35.3 Å². The van der Waals surface area contributed by atoms with Crippen LogP contribution in [0.1, 0.15) is 49.9 Å². The summed E-state index contributed by atoms with van der Waals surface area (Å²) in [7, 11) is 0. The molecule has 1 atom stereocenters. The van der Waals surface area contributed by atoms with Crippen LogP contribution in [0.2, 0.25) is 0 Å². The number of nitrogens with one attached hydrogen (secondary N) is 2. The van der Waals surface area contributed by atoms with Crippen LogP contribution in [0.4, 0.5) is 11.5 Å². The van der Waals surface area contributed by atoms with E-state index in [0.29, 0.717) is 5.82 Å². The van der Waals surface area contributed by atoms with Gasteiger partial charge >= 0.3 is 0 Å². The predicted octanol–water partition coefficient (Wildman–Crippen LogP) is 2.36. The third kappa shape index (κ3) is 2.61. The van der Waals surface area contributed by atoms with Gasteiger partial charge in [-0.15, -0.1) is 0 Å². The highest BCUT2D eigenvalue weighted by Gasteiger charge is 2.46. The van der Waals surface area contributed by atoms with Crippen LogP contribution < -0.4 is 21.5 Å². The van der Waals surface area contributed by atoms with Crippen LogP contribution in [-0.4, -0.2) is 28.6 Å². The summed E-state index contributed by atoms with van der Waals surface area (Å²) in [6, 6.07) is 8.25. The first-order valence-electron chi connectivity index (χ1n) is 8.97. The minimum absolute atomic E-state index is 0.0135. The van der Waals surface area contributed by atoms with E-state index in [-0.39, 0.29) is 23.1 Å². The van der Waals surface area contributed by atoms with Crippen molar-refractivity contribution in [1.29, 1.82) is 0 Å². The number of piperidine rings is 1. The average Bonchev–Trinajstić information content (AvgIpc) is 2.88. The van der Waals surface area contributed by atoms with Crippen molar-refractivity contribution in [3.05, 3.63) is 52.1 Å². The van der Waals surface area contributed by atoms with Gasteiger partial charge in [-0.25, -0.2) is 4.98 Å². The molecule has 4 N–H and O–H groups in total. The van der Waals surface area contributed by atoms with Gasteiger partial charge in [0.15, 0.2) is 5.82 Å². The van der Waals surface area contributed by atoms with Gasteiger partial charge in [0.2, 0.25) is 0 Å². The number of rotatable bonds is 2. The second-order valence-corrected chi connectivity index (χ2v) is 7.48. The molecule has 6 heteroatoms. The first-order valence-corrected chi connectivity index (χ1v) is 8.97. The fourth-order valence-electron chi connectivity index (χ4n) is 4.01. The maximum Gasteiger partial charge on any atom is 0.291 e. The topological polar surface area (TPSA) is 87.0 Å². The monoisotopic (exact) mass is 339 g/mol. The normalized spacial score (nSPS) is 21.4. The molecular weight excluding hydrogens is 314 g/mol. The Morgan fingerprint density at radius 3 is 2.64 bits per heavy atom. The second-order valence-electron chi connectivity index (χ2n) is 7.48. The molecule has 3 heterocycles. The van der Waals surface area contributed by atoms with Gasteiger partial charge in [0.1, 0.15) is 0 Å². The molecule has 2 aliphatic heterocycles. The molecule has 0 saturated carbocycles. The minimum atomic E-state index is -0.120. The molecule has 1 saturated heterocycles. The van der Waals surface area contributed by atoms with E-state index in [2.05, 4.69) is 32.3 Å². The summed E-state index contributed by atoms with van der Waals surface area (Å²) in [6.07, 6.45) is 3.55. The Balaban J connectivity index is 1.52. The molecule has 2 aromatic rings. The van der Waals surface area contributed by atoms with Crippen molar-refractivity contribution < 1.29 is 0 Å². The van der Waals surface area contributed by atoms with Gasteiger partial charge in [0, 0.05) is 30.7 Å². The molecule has 132 valence electrons. The number of nitrogens with zero attached hydrogens (tertiary/aromatic N) is 2. The lowest BCUT2D eigenvalue weighted by molar-refractivity contribution is 0.322. The molecule has 1 spiro atoms. The Morgan fingerprint density at radius 1 is 1.28 bits per heavy atom. The molecule has 6 nitrogen and oxygen atoms in total. The molecule has 0 bridgehead atoms. The third-order valence-corrected chi connectivity index (χ3v) is 5.64. The lowest BCUT2D eigenvalue weighted by atomic mass is 9.81. The molecule has 1 fully saturated rings. The van der Waals surface area contributed by atoms with Crippen molar-refractivity contribution >= 4 is 11.5 Å². The van der Waals surface area contributed by atoms with Crippen molar-refractivity contribution in [2.24, 2.45) is 5.73 Å². The Bertz CT molecular complexity index is 836. The molecule has 1 unspecified atom stereocenters. The quantitative estimate of drug-likeness (QED) is 0.782. The summed E-state index contributed by atoms with van der Waals surface area (Å²) in [5.74, 6) is 0.779. The molecule has 4 rings (SSSR count). The van der Waals surface area contributed by atoms with Crippen LogP contribution in [0.3, 0.4) is 0 Å². The number of benzene rings is 1. The summed E-state index contributed by atoms with van der Waals surface area (Å²) in [4.78, 5) is 21.9. The van der Waals surface area contributed by atoms with Crippen molar-refractivity contribution in [2.75, 3.05) is 23.3 Å². The Hall–Kier alpha value is -2.34. The fraction of sp³-hybridized carbons (Fsp3) is 0.474. The van der Waals surface area contributed by atoms with Gasteiger partial charge in [0.05, 0.1) is 11.6 Å². The molecule has 25 heavy (non-hydrogen) atoms. The van der Waals surface area contributed by atoms with E-state index in [4.69, 9.17) is 5.73 Å². The number of H-pyrrole nitrogens is 1. The molecule has 0 radical (unpaired) electrons. The minimum Gasteiger partial charge on any atom is -0.377 e. The zero-order chi connectivity index (χ0) is 17.6. The van der Waals surface area contributed by atoms with E-state index in [1.165, 1.54) is 5.56 Å². The van der Waals surface area contributed by atoms with Crippen molar-refractivity contribution in [2.45, 2.75) is 44.2 Å². The van der Waals surface area contributed by atoms with E-state index in [1.54, 1.807) is 6.20 Å². The Labute approximate surface area is 147 Å². The largest absolute Gasteiger partial charge is 0.377 e. The van der Waals surface area contributed by atoms with Crippen LogP contribution >= 0.6 is 0 Å². The first kappa shape index (κ1) is 16.1.